The number of likely N-dealkylation sites (tertiary alicyclic amines) is 1. The number of carbonyl (C=O) groups excluding carboxylic acids is 1. The third-order valence-electron chi connectivity index (χ3n) is 8.31. The Balaban J connectivity index is 1.11. The minimum atomic E-state index is -0.578. The molecule has 1 aliphatic heterocycles. The molecule has 0 unspecified atom stereocenters. The zero-order valence-electron chi connectivity index (χ0n) is 18.7. The van der Waals surface area contributed by atoms with Crippen LogP contribution in [0.1, 0.15) is 67.9 Å². The van der Waals surface area contributed by atoms with E-state index in [0.29, 0.717) is 30.1 Å². The maximum absolute atomic E-state index is 13.7. The Morgan fingerprint density at radius 1 is 1.19 bits per heavy atom. The van der Waals surface area contributed by atoms with Gasteiger partial charge in [-0.1, -0.05) is 6.07 Å². The molecule has 7 heteroatoms. The van der Waals surface area contributed by atoms with Crippen molar-refractivity contribution in [1.82, 2.24) is 14.9 Å². The highest BCUT2D eigenvalue weighted by atomic mass is 32.1. The van der Waals surface area contributed by atoms with Gasteiger partial charge in [0.2, 0.25) is 5.91 Å². The van der Waals surface area contributed by atoms with E-state index in [-0.39, 0.29) is 5.41 Å². The second-order valence-electron chi connectivity index (χ2n) is 10.9. The lowest BCUT2D eigenvalue weighted by Gasteiger charge is -2.60. The van der Waals surface area contributed by atoms with Crippen LogP contribution in [0, 0.1) is 24.2 Å². The monoisotopic (exact) mass is 452 g/mol. The summed E-state index contributed by atoms with van der Waals surface area (Å²) < 4.78 is 0. The average Bonchev–Trinajstić information content (AvgIpc) is 3.16. The first-order chi connectivity index (χ1) is 15.4. The predicted octanol–water partition coefficient (Wildman–Crippen LogP) is 4.63. The van der Waals surface area contributed by atoms with Crippen molar-refractivity contribution in [3.8, 4) is 0 Å². The van der Waals surface area contributed by atoms with Gasteiger partial charge in [-0.15, -0.1) is 11.3 Å². The van der Waals surface area contributed by atoms with E-state index >= 15 is 0 Å². The van der Waals surface area contributed by atoms with Gasteiger partial charge in [0.05, 0.1) is 11.0 Å². The van der Waals surface area contributed by atoms with Crippen LogP contribution in [0.15, 0.2) is 24.4 Å². The minimum Gasteiger partial charge on any atom is -0.390 e. The molecular formula is C25H32N4O2S. The molecule has 4 aliphatic carbocycles. The topological polar surface area (TPSA) is 78.4 Å². The van der Waals surface area contributed by atoms with E-state index in [4.69, 9.17) is 4.98 Å². The molecule has 0 aromatic carbocycles. The number of piperidine rings is 1. The zero-order valence-corrected chi connectivity index (χ0v) is 19.5. The standard InChI is InChI=1S/C25H32N4O2S/c1-16-14-26-23(32-16)28-21-4-2-3-20(27-21)19-5-7-29(8-6-19)22(30)24-10-17-9-18(11-24)13-25(31,12-17)15-24/h2-4,14,17-19,31H,5-13,15H2,1H3,(H,26,27,28)/t17-,18-,24?,25?/m1/s1. The first kappa shape index (κ1) is 20.6. The Kier molecular flexibility index (Phi) is 4.84. The summed E-state index contributed by atoms with van der Waals surface area (Å²) in [5, 5.41) is 15.2. The Morgan fingerprint density at radius 3 is 2.59 bits per heavy atom. The van der Waals surface area contributed by atoms with Crippen LogP contribution in [0.2, 0.25) is 0 Å². The molecule has 6 nitrogen and oxygen atoms in total. The van der Waals surface area contributed by atoms with Crippen molar-refractivity contribution in [2.24, 2.45) is 17.3 Å². The number of rotatable bonds is 4. The lowest BCUT2D eigenvalue weighted by Crippen LogP contribution is -2.61. The molecule has 2 atom stereocenters. The minimum absolute atomic E-state index is 0.292. The summed E-state index contributed by atoms with van der Waals surface area (Å²) in [6, 6.07) is 6.14. The van der Waals surface area contributed by atoms with E-state index in [1.807, 2.05) is 19.2 Å². The fourth-order valence-electron chi connectivity index (χ4n) is 7.45. The molecule has 1 amide bonds. The van der Waals surface area contributed by atoms with E-state index in [0.717, 1.165) is 68.3 Å². The highest BCUT2D eigenvalue weighted by Gasteiger charge is 2.60. The third kappa shape index (κ3) is 3.63. The lowest BCUT2D eigenvalue weighted by atomic mass is 9.47. The first-order valence-electron chi connectivity index (χ1n) is 12.1. The van der Waals surface area contributed by atoms with Crippen molar-refractivity contribution in [3.05, 3.63) is 35.0 Å². The molecule has 32 heavy (non-hydrogen) atoms. The van der Waals surface area contributed by atoms with Gasteiger partial charge in [-0.3, -0.25) is 4.79 Å². The Morgan fingerprint density at radius 2 is 1.94 bits per heavy atom. The van der Waals surface area contributed by atoms with Crippen LogP contribution >= 0.6 is 11.3 Å². The molecule has 2 N–H and O–H groups in total. The Bertz CT molecular complexity index is 1010. The molecule has 2 aromatic rings. The van der Waals surface area contributed by atoms with Gasteiger partial charge in [0, 0.05) is 35.8 Å². The molecule has 0 radical (unpaired) electrons. The molecule has 2 aromatic heterocycles. The number of amides is 1. The van der Waals surface area contributed by atoms with E-state index in [1.54, 1.807) is 11.3 Å². The van der Waals surface area contributed by atoms with Crippen LogP contribution < -0.4 is 5.32 Å². The van der Waals surface area contributed by atoms with Crippen molar-refractivity contribution >= 4 is 28.2 Å². The highest BCUT2D eigenvalue weighted by Crippen LogP contribution is 2.62. The van der Waals surface area contributed by atoms with Gasteiger partial charge in [-0.05, 0) is 82.3 Å². The largest absolute Gasteiger partial charge is 0.390 e. The van der Waals surface area contributed by atoms with Crippen molar-refractivity contribution < 1.29 is 9.90 Å². The fraction of sp³-hybridized carbons (Fsp3) is 0.640. The van der Waals surface area contributed by atoms with Crippen LogP contribution in [0.5, 0.6) is 0 Å². The number of hydrogen-bond donors (Lipinski definition) is 2. The number of thiazole rings is 1. The van der Waals surface area contributed by atoms with Gasteiger partial charge in [-0.25, -0.2) is 9.97 Å². The van der Waals surface area contributed by atoms with E-state index in [2.05, 4.69) is 27.3 Å². The number of nitrogens with one attached hydrogen (secondary N) is 1. The summed E-state index contributed by atoms with van der Waals surface area (Å²) >= 11 is 1.63. The zero-order chi connectivity index (χ0) is 21.9. The second-order valence-corrected chi connectivity index (χ2v) is 12.1. The number of carbonyl (C=O) groups is 1. The van der Waals surface area contributed by atoms with Crippen LogP contribution in [-0.2, 0) is 4.79 Å². The highest BCUT2D eigenvalue weighted by molar-refractivity contribution is 7.15. The van der Waals surface area contributed by atoms with E-state index in [1.165, 1.54) is 11.3 Å². The Hall–Kier alpha value is -1.99. The van der Waals surface area contributed by atoms with Gasteiger partial charge in [0.25, 0.3) is 0 Å². The average molecular weight is 453 g/mol. The summed E-state index contributed by atoms with van der Waals surface area (Å²) in [5.41, 5.74) is 0.227. The van der Waals surface area contributed by atoms with Gasteiger partial charge in [0.1, 0.15) is 5.82 Å². The summed E-state index contributed by atoms with van der Waals surface area (Å²) in [5.74, 6) is 2.62. The number of aliphatic hydroxyl groups is 1. The van der Waals surface area contributed by atoms with Gasteiger partial charge in [-0.2, -0.15) is 0 Å². The number of pyridine rings is 1. The molecule has 5 fully saturated rings. The molecule has 1 saturated heterocycles. The summed E-state index contributed by atoms with van der Waals surface area (Å²) in [6.45, 7) is 3.64. The molecule has 4 bridgehead atoms. The molecule has 5 aliphatic rings. The van der Waals surface area contributed by atoms with E-state index in [9.17, 15) is 9.90 Å². The quantitative estimate of drug-likeness (QED) is 0.707. The molecule has 4 saturated carbocycles. The van der Waals surface area contributed by atoms with Crippen LogP contribution in [0.3, 0.4) is 0 Å². The molecule has 3 heterocycles. The number of aromatic nitrogens is 2. The number of nitrogens with zero attached hydrogens (tertiary/aromatic N) is 3. The number of hydrogen-bond acceptors (Lipinski definition) is 6. The normalized spacial score (nSPS) is 34.1. The first-order valence-corrected chi connectivity index (χ1v) is 12.9. The summed E-state index contributed by atoms with van der Waals surface area (Å²) in [4.78, 5) is 26.2. The van der Waals surface area contributed by atoms with Gasteiger partial charge < -0.3 is 15.3 Å². The third-order valence-corrected chi connectivity index (χ3v) is 9.14. The van der Waals surface area contributed by atoms with Crippen molar-refractivity contribution in [3.63, 3.8) is 0 Å². The smallest absolute Gasteiger partial charge is 0.228 e. The van der Waals surface area contributed by atoms with Crippen LogP contribution in [-0.4, -0.2) is 44.6 Å². The summed E-state index contributed by atoms with van der Waals surface area (Å²) in [7, 11) is 0. The predicted molar refractivity (Wildman–Crippen MR) is 125 cm³/mol. The molecule has 7 rings (SSSR count). The summed E-state index contributed by atoms with van der Waals surface area (Å²) in [6.07, 6.45) is 9.50. The molecule has 170 valence electrons. The number of aryl methyl sites for hydroxylation is 1. The maximum atomic E-state index is 13.7. The molecule has 0 spiro atoms. The maximum Gasteiger partial charge on any atom is 0.228 e. The van der Waals surface area contributed by atoms with Crippen LogP contribution in [0.25, 0.3) is 0 Å². The van der Waals surface area contributed by atoms with Crippen molar-refractivity contribution in [1.29, 1.82) is 0 Å². The van der Waals surface area contributed by atoms with Crippen molar-refractivity contribution in [2.45, 2.75) is 69.8 Å². The van der Waals surface area contributed by atoms with E-state index < -0.39 is 5.60 Å². The fourth-order valence-corrected chi connectivity index (χ4v) is 8.12. The van der Waals surface area contributed by atoms with Gasteiger partial charge in [0.15, 0.2) is 5.13 Å². The van der Waals surface area contributed by atoms with Crippen LogP contribution in [0.4, 0.5) is 10.9 Å². The van der Waals surface area contributed by atoms with Gasteiger partial charge >= 0.3 is 0 Å². The van der Waals surface area contributed by atoms with Crippen molar-refractivity contribution in [2.75, 3.05) is 18.4 Å². The lowest BCUT2D eigenvalue weighted by molar-refractivity contribution is -0.186. The molecular weight excluding hydrogens is 420 g/mol. The SMILES string of the molecule is Cc1cnc(Nc2cccc(C3CCN(C(=O)C45C[C@H]6C[C@@H](CC(O)(C6)C4)C5)CC3)n2)s1. The number of anilines is 2. The second kappa shape index (κ2) is 7.52. The Labute approximate surface area is 193 Å².